The number of alkyl halides is 3. The van der Waals surface area contributed by atoms with Gasteiger partial charge in [0, 0.05) is 29.6 Å². The predicted octanol–water partition coefficient (Wildman–Crippen LogP) is 5.51. The summed E-state index contributed by atoms with van der Waals surface area (Å²) >= 11 is 6.70. The summed E-state index contributed by atoms with van der Waals surface area (Å²) in [6, 6.07) is 11.4. The third kappa shape index (κ3) is 4.48. The van der Waals surface area contributed by atoms with E-state index in [0.29, 0.717) is 41.0 Å². The Bertz CT molecular complexity index is 1410. The molecule has 0 unspecified atom stereocenters. The fraction of sp³-hybridized carbons (Fsp3) is 0.143. The molecule has 0 aliphatic heterocycles. The Labute approximate surface area is 193 Å². The van der Waals surface area contributed by atoms with E-state index in [9.17, 15) is 23.2 Å². The minimum Gasteiger partial charge on any atom is -0.477 e. The molecule has 4 aromatic rings. The van der Waals surface area contributed by atoms with Gasteiger partial charge in [0.2, 0.25) is 0 Å². The molecule has 33 heavy (non-hydrogen) atoms. The van der Waals surface area contributed by atoms with Gasteiger partial charge in [-0.1, -0.05) is 17.7 Å². The molecule has 0 spiro atoms. The third-order valence-electron chi connectivity index (χ3n) is 4.80. The summed E-state index contributed by atoms with van der Waals surface area (Å²) in [7, 11) is 0. The Morgan fingerprint density at radius 3 is 2.73 bits per heavy atom. The van der Waals surface area contributed by atoms with Crippen molar-refractivity contribution >= 4 is 45.6 Å². The molecular formula is C21H13ClF3N5O2S. The SMILES string of the molecule is N#Cc1cc2c(Cl)cccc2n1CCNc1cc(-c2cc(C(F)(F)F)c(C(=O)O)s2)ncn1. The second-order valence-electron chi connectivity index (χ2n) is 6.84. The van der Waals surface area contributed by atoms with E-state index in [1.807, 2.05) is 6.07 Å². The fourth-order valence-corrected chi connectivity index (χ4v) is 4.56. The first-order chi connectivity index (χ1) is 15.7. The van der Waals surface area contributed by atoms with E-state index < -0.39 is 22.6 Å². The van der Waals surface area contributed by atoms with Crippen LogP contribution in [0.15, 0.2) is 42.7 Å². The average Bonchev–Trinajstić information content (AvgIpc) is 3.37. The van der Waals surface area contributed by atoms with Gasteiger partial charge < -0.3 is 15.0 Å². The number of halogens is 4. The molecule has 3 heterocycles. The van der Waals surface area contributed by atoms with Crippen molar-refractivity contribution in [2.45, 2.75) is 12.7 Å². The Morgan fingerprint density at radius 1 is 1.27 bits per heavy atom. The largest absolute Gasteiger partial charge is 0.477 e. The number of fused-ring (bicyclic) bond motifs is 1. The second kappa shape index (κ2) is 8.73. The molecule has 0 saturated carbocycles. The number of hydrogen-bond acceptors (Lipinski definition) is 6. The lowest BCUT2D eigenvalue weighted by Gasteiger charge is -2.10. The average molecular weight is 492 g/mol. The first kappa shape index (κ1) is 22.6. The number of benzene rings is 1. The summed E-state index contributed by atoms with van der Waals surface area (Å²) in [6.07, 6.45) is -3.62. The topological polar surface area (TPSA) is 104 Å². The molecule has 0 radical (unpaired) electrons. The zero-order chi connectivity index (χ0) is 23.8. The Kier molecular flexibility index (Phi) is 5.97. The highest BCUT2D eigenvalue weighted by molar-refractivity contribution is 7.17. The van der Waals surface area contributed by atoms with Gasteiger partial charge in [-0.25, -0.2) is 14.8 Å². The maximum absolute atomic E-state index is 13.2. The highest BCUT2D eigenvalue weighted by atomic mass is 35.5. The van der Waals surface area contributed by atoms with Gasteiger partial charge in [-0.3, -0.25) is 0 Å². The molecule has 7 nitrogen and oxygen atoms in total. The van der Waals surface area contributed by atoms with Gasteiger partial charge in [-0.05, 0) is 24.3 Å². The number of carbonyl (C=O) groups is 1. The zero-order valence-electron chi connectivity index (χ0n) is 16.5. The molecule has 0 fully saturated rings. The van der Waals surface area contributed by atoms with Crippen molar-refractivity contribution < 1.29 is 23.1 Å². The summed E-state index contributed by atoms with van der Waals surface area (Å²) in [5.41, 5.74) is 0.170. The number of hydrogen-bond donors (Lipinski definition) is 2. The number of thiophene rings is 1. The number of rotatable bonds is 6. The van der Waals surface area contributed by atoms with Crippen molar-refractivity contribution in [1.29, 1.82) is 5.26 Å². The van der Waals surface area contributed by atoms with E-state index in [4.69, 9.17) is 16.7 Å². The van der Waals surface area contributed by atoms with Crippen LogP contribution in [0.3, 0.4) is 0 Å². The molecule has 0 aliphatic rings. The fourth-order valence-electron chi connectivity index (χ4n) is 3.35. The molecule has 0 bridgehead atoms. The van der Waals surface area contributed by atoms with Crippen molar-refractivity contribution in [2.75, 3.05) is 11.9 Å². The van der Waals surface area contributed by atoms with E-state index >= 15 is 0 Å². The van der Waals surface area contributed by atoms with Crippen LogP contribution in [-0.2, 0) is 12.7 Å². The minimum atomic E-state index is -4.79. The summed E-state index contributed by atoms with van der Waals surface area (Å²) in [4.78, 5) is 18.5. The molecule has 0 saturated heterocycles. The molecule has 4 rings (SSSR count). The van der Waals surface area contributed by atoms with Crippen LogP contribution in [0.5, 0.6) is 0 Å². The van der Waals surface area contributed by atoms with Crippen LogP contribution in [0.1, 0.15) is 20.9 Å². The molecule has 0 amide bonds. The van der Waals surface area contributed by atoms with Gasteiger partial charge in [-0.2, -0.15) is 18.4 Å². The van der Waals surface area contributed by atoms with Crippen molar-refractivity contribution in [3.63, 3.8) is 0 Å². The Balaban J connectivity index is 1.55. The van der Waals surface area contributed by atoms with Gasteiger partial charge in [0.1, 0.15) is 28.8 Å². The third-order valence-corrected chi connectivity index (χ3v) is 6.28. The number of aromatic carboxylic acids is 1. The zero-order valence-corrected chi connectivity index (χ0v) is 18.1. The maximum atomic E-state index is 13.2. The number of nitrogens with one attached hydrogen (secondary N) is 1. The number of nitrogens with zero attached hydrogens (tertiary/aromatic N) is 4. The Morgan fingerprint density at radius 2 is 2.06 bits per heavy atom. The highest BCUT2D eigenvalue weighted by Gasteiger charge is 2.37. The lowest BCUT2D eigenvalue weighted by Crippen LogP contribution is -2.12. The molecular weight excluding hydrogens is 479 g/mol. The van der Waals surface area contributed by atoms with Crippen molar-refractivity contribution in [2.24, 2.45) is 0 Å². The van der Waals surface area contributed by atoms with Crippen LogP contribution in [0, 0.1) is 11.3 Å². The van der Waals surface area contributed by atoms with Gasteiger partial charge >= 0.3 is 12.1 Å². The first-order valence-electron chi connectivity index (χ1n) is 9.37. The summed E-state index contributed by atoms with van der Waals surface area (Å²) in [5.74, 6) is -1.31. The first-order valence-corrected chi connectivity index (χ1v) is 10.6. The number of anilines is 1. The van der Waals surface area contributed by atoms with Crippen LogP contribution < -0.4 is 5.32 Å². The van der Waals surface area contributed by atoms with Crippen molar-refractivity contribution in [3.8, 4) is 16.6 Å². The monoisotopic (exact) mass is 491 g/mol. The van der Waals surface area contributed by atoms with E-state index in [-0.39, 0.29) is 10.6 Å². The molecule has 1 aromatic carbocycles. The second-order valence-corrected chi connectivity index (χ2v) is 8.30. The maximum Gasteiger partial charge on any atom is 0.418 e. The molecule has 2 N–H and O–H groups in total. The lowest BCUT2D eigenvalue weighted by atomic mass is 10.2. The van der Waals surface area contributed by atoms with Crippen LogP contribution >= 0.6 is 22.9 Å². The lowest BCUT2D eigenvalue weighted by molar-refractivity contribution is -0.137. The van der Waals surface area contributed by atoms with Gasteiger partial charge in [0.25, 0.3) is 0 Å². The molecule has 0 atom stereocenters. The molecule has 0 aliphatic carbocycles. The highest BCUT2D eigenvalue weighted by Crippen LogP contribution is 2.40. The summed E-state index contributed by atoms with van der Waals surface area (Å²) in [6.45, 7) is 0.743. The Hall–Kier alpha value is -3.62. The van der Waals surface area contributed by atoms with E-state index in [1.165, 1.54) is 12.4 Å². The number of aromatic nitrogens is 3. The quantitative estimate of drug-likeness (QED) is 0.368. The van der Waals surface area contributed by atoms with Crippen LogP contribution in [0.2, 0.25) is 5.02 Å². The normalized spacial score (nSPS) is 11.5. The van der Waals surface area contributed by atoms with Crippen LogP contribution in [0.4, 0.5) is 19.0 Å². The van der Waals surface area contributed by atoms with E-state index in [2.05, 4.69) is 21.4 Å². The summed E-state index contributed by atoms with van der Waals surface area (Å²) in [5, 5.41) is 22.9. The van der Waals surface area contributed by atoms with Gasteiger partial charge in [0.15, 0.2) is 0 Å². The van der Waals surface area contributed by atoms with Crippen LogP contribution in [0.25, 0.3) is 21.5 Å². The smallest absolute Gasteiger partial charge is 0.418 e. The van der Waals surface area contributed by atoms with Crippen LogP contribution in [-0.4, -0.2) is 32.2 Å². The standard InChI is InChI=1S/C21H13ClF3N5O2S/c22-14-2-1-3-16-12(14)6-11(9-26)30(16)5-4-27-18-8-15(28-10-29-18)17-7-13(21(23,24)25)19(33-17)20(31)32/h1-3,6-8,10H,4-5H2,(H,31,32)(H,27,28,29). The molecule has 12 heteroatoms. The van der Waals surface area contributed by atoms with Crippen molar-refractivity contribution in [3.05, 3.63) is 63.9 Å². The molecule has 168 valence electrons. The minimum absolute atomic E-state index is 0.0583. The van der Waals surface area contributed by atoms with Crippen molar-refractivity contribution in [1.82, 2.24) is 14.5 Å². The number of nitriles is 1. The van der Waals surface area contributed by atoms with Gasteiger partial charge in [0.05, 0.1) is 21.7 Å². The molecule has 3 aromatic heterocycles. The van der Waals surface area contributed by atoms with E-state index in [0.717, 1.165) is 17.0 Å². The predicted molar refractivity (Wildman–Crippen MR) is 117 cm³/mol. The summed E-state index contributed by atoms with van der Waals surface area (Å²) < 4.78 is 41.3. The van der Waals surface area contributed by atoms with Gasteiger partial charge in [-0.15, -0.1) is 11.3 Å². The number of carboxylic acid groups (broad SMARTS) is 1. The van der Waals surface area contributed by atoms with E-state index in [1.54, 1.807) is 22.8 Å². The number of carboxylic acids is 1.